The summed E-state index contributed by atoms with van der Waals surface area (Å²) in [7, 11) is 0. The minimum absolute atomic E-state index is 0.412. The van der Waals surface area contributed by atoms with Crippen LogP contribution >= 0.6 is 15.9 Å². The highest BCUT2D eigenvalue weighted by Crippen LogP contribution is 2.19. The number of carbonyl (C=O) groups is 1. The molecule has 5 nitrogen and oxygen atoms in total. The molecule has 1 aromatic rings. The Bertz CT molecular complexity index is 427. The molecule has 94 valence electrons. The Morgan fingerprint density at radius 2 is 2.24 bits per heavy atom. The van der Waals surface area contributed by atoms with E-state index >= 15 is 0 Å². The molecule has 17 heavy (non-hydrogen) atoms. The first kappa shape index (κ1) is 14.3. The molecule has 7 heteroatoms. The number of halogens is 1. The van der Waals surface area contributed by atoms with Crippen LogP contribution in [0, 0.1) is 5.92 Å². The lowest BCUT2D eigenvalue weighted by Gasteiger charge is -2.11. The van der Waals surface area contributed by atoms with Gasteiger partial charge in [0.2, 0.25) is 0 Å². The second-order valence-corrected chi connectivity index (χ2v) is 4.97. The molecule has 0 fully saturated rings. The predicted molar refractivity (Wildman–Crippen MR) is 67.0 cm³/mol. The lowest BCUT2D eigenvalue weighted by molar-refractivity contribution is -0.151. The van der Waals surface area contributed by atoms with Gasteiger partial charge >= 0.3 is 5.97 Å². The molecule has 0 saturated carbocycles. The van der Waals surface area contributed by atoms with Crippen LogP contribution in [0.1, 0.15) is 12.5 Å². The van der Waals surface area contributed by atoms with E-state index in [1.54, 1.807) is 11.8 Å². The summed E-state index contributed by atoms with van der Waals surface area (Å²) in [4.78, 5) is 17.5. The monoisotopic (exact) mass is 321 g/mol. The van der Waals surface area contributed by atoms with Gasteiger partial charge in [-0.15, -0.1) is 0 Å². The minimum Gasteiger partial charge on any atom is -0.356 e. The SMILES string of the molecule is CC(Cc1ccccc1Br)C(=O)ONS(=O)O. The van der Waals surface area contributed by atoms with Gasteiger partial charge < -0.3 is 4.84 Å². The summed E-state index contributed by atoms with van der Waals surface area (Å²) < 4.78 is 19.6. The maximum absolute atomic E-state index is 11.4. The zero-order valence-electron chi connectivity index (χ0n) is 9.05. The summed E-state index contributed by atoms with van der Waals surface area (Å²) in [6, 6.07) is 7.53. The van der Waals surface area contributed by atoms with Crippen molar-refractivity contribution in [2.24, 2.45) is 5.92 Å². The molecule has 2 atom stereocenters. The Labute approximate surface area is 110 Å². The summed E-state index contributed by atoms with van der Waals surface area (Å²) in [6.45, 7) is 1.68. The molecule has 0 saturated heterocycles. The molecule has 1 rings (SSSR count). The van der Waals surface area contributed by atoms with Crippen molar-refractivity contribution < 1.29 is 18.4 Å². The van der Waals surface area contributed by atoms with Crippen LogP contribution in [0.25, 0.3) is 0 Å². The first-order valence-corrected chi connectivity index (χ1v) is 6.71. The smallest absolute Gasteiger partial charge is 0.329 e. The second kappa shape index (κ2) is 6.85. The van der Waals surface area contributed by atoms with Crippen LogP contribution in [0.15, 0.2) is 28.7 Å². The van der Waals surface area contributed by atoms with E-state index in [1.165, 1.54) is 0 Å². The van der Waals surface area contributed by atoms with Crippen LogP contribution < -0.4 is 4.89 Å². The summed E-state index contributed by atoms with van der Waals surface area (Å²) in [5.41, 5.74) is 0.974. The Balaban J connectivity index is 2.54. The van der Waals surface area contributed by atoms with Gasteiger partial charge in [0.1, 0.15) is 0 Å². The zero-order chi connectivity index (χ0) is 12.8. The summed E-state index contributed by atoms with van der Waals surface area (Å²) >= 11 is 1.02. The molecule has 0 amide bonds. The molecule has 0 heterocycles. The van der Waals surface area contributed by atoms with E-state index in [2.05, 4.69) is 20.8 Å². The van der Waals surface area contributed by atoms with Crippen molar-refractivity contribution in [3.05, 3.63) is 34.3 Å². The van der Waals surface area contributed by atoms with Crippen LogP contribution in [0.5, 0.6) is 0 Å². The highest BCUT2D eigenvalue weighted by molar-refractivity contribution is 9.10. The van der Waals surface area contributed by atoms with Crippen molar-refractivity contribution in [2.45, 2.75) is 13.3 Å². The molecular weight excluding hydrogens is 310 g/mol. The maximum Gasteiger partial charge on any atom is 0.329 e. The third-order valence-electron chi connectivity index (χ3n) is 2.10. The van der Waals surface area contributed by atoms with Crippen molar-refractivity contribution in [1.82, 2.24) is 4.89 Å². The van der Waals surface area contributed by atoms with Crippen LogP contribution in [-0.2, 0) is 27.3 Å². The molecule has 2 unspecified atom stereocenters. The van der Waals surface area contributed by atoms with E-state index in [0.29, 0.717) is 6.42 Å². The van der Waals surface area contributed by atoms with Gasteiger partial charge in [-0.1, -0.05) is 41.1 Å². The number of hydrogen-bond acceptors (Lipinski definition) is 3. The van der Waals surface area contributed by atoms with Crippen molar-refractivity contribution >= 4 is 33.2 Å². The summed E-state index contributed by atoms with van der Waals surface area (Å²) in [6.07, 6.45) is 0.486. The molecule has 2 N–H and O–H groups in total. The Morgan fingerprint density at radius 1 is 1.59 bits per heavy atom. The van der Waals surface area contributed by atoms with Gasteiger partial charge in [-0.05, 0) is 22.9 Å². The number of carbonyl (C=O) groups excluding carboxylic acids is 1. The molecule has 0 aromatic heterocycles. The van der Waals surface area contributed by atoms with Crippen molar-refractivity contribution in [3.8, 4) is 0 Å². The van der Waals surface area contributed by atoms with Gasteiger partial charge in [-0.25, -0.2) is 4.21 Å². The quantitative estimate of drug-likeness (QED) is 0.640. The van der Waals surface area contributed by atoms with E-state index < -0.39 is 23.2 Å². The van der Waals surface area contributed by atoms with Gasteiger partial charge in [0.05, 0.1) is 5.92 Å². The second-order valence-electron chi connectivity index (χ2n) is 3.45. The van der Waals surface area contributed by atoms with Crippen LogP contribution in [-0.4, -0.2) is 14.7 Å². The largest absolute Gasteiger partial charge is 0.356 e. The van der Waals surface area contributed by atoms with Gasteiger partial charge in [0, 0.05) is 4.47 Å². The first-order chi connectivity index (χ1) is 8.00. The van der Waals surface area contributed by atoms with E-state index in [4.69, 9.17) is 4.55 Å². The van der Waals surface area contributed by atoms with Gasteiger partial charge in [-0.2, -0.15) is 0 Å². The third-order valence-corrected chi connectivity index (χ3v) is 3.10. The molecule has 0 aliphatic rings. The Morgan fingerprint density at radius 3 is 2.82 bits per heavy atom. The normalized spacial score (nSPS) is 14.1. The van der Waals surface area contributed by atoms with Gasteiger partial charge in [0.25, 0.3) is 11.3 Å². The molecule has 0 aliphatic carbocycles. The topological polar surface area (TPSA) is 75.6 Å². The molecular formula is C10H12BrNO4S. The van der Waals surface area contributed by atoms with Crippen molar-refractivity contribution in [2.75, 3.05) is 0 Å². The number of rotatable bonds is 5. The summed E-state index contributed by atoms with van der Waals surface area (Å²) in [5, 5.41) is 0. The molecule has 1 aromatic carbocycles. The number of nitrogens with one attached hydrogen (secondary N) is 1. The van der Waals surface area contributed by atoms with Crippen molar-refractivity contribution in [1.29, 1.82) is 0 Å². The van der Waals surface area contributed by atoms with Crippen LogP contribution in [0.4, 0.5) is 0 Å². The number of benzene rings is 1. The fourth-order valence-electron chi connectivity index (χ4n) is 1.25. The fraction of sp³-hybridized carbons (Fsp3) is 0.300. The highest BCUT2D eigenvalue weighted by Gasteiger charge is 2.17. The predicted octanol–water partition coefficient (Wildman–Crippen LogP) is 1.81. The van der Waals surface area contributed by atoms with Crippen LogP contribution in [0.3, 0.4) is 0 Å². The maximum atomic E-state index is 11.4. The average Bonchev–Trinajstić information content (AvgIpc) is 2.28. The summed E-state index contributed by atoms with van der Waals surface area (Å²) in [5.74, 6) is -0.993. The molecule has 0 radical (unpaired) electrons. The first-order valence-electron chi connectivity index (χ1n) is 4.81. The van der Waals surface area contributed by atoms with E-state index in [9.17, 15) is 9.00 Å². The van der Waals surface area contributed by atoms with E-state index in [0.717, 1.165) is 10.0 Å². The van der Waals surface area contributed by atoms with E-state index in [1.807, 2.05) is 24.3 Å². The number of hydrogen-bond donors (Lipinski definition) is 2. The van der Waals surface area contributed by atoms with Crippen LogP contribution in [0.2, 0.25) is 0 Å². The van der Waals surface area contributed by atoms with E-state index in [-0.39, 0.29) is 0 Å². The lowest BCUT2D eigenvalue weighted by Crippen LogP contribution is -2.26. The Kier molecular flexibility index (Phi) is 5.76. The minimum atomic E-state index is -2.36. The third kappa shape index (κ3) is 4.95. The fourth-order valence-corrected chi connectivity index (χ4v) is 1.85. The lowest BCUT2D eigenvalue weighted by atomic mass is 10.0. The van der Waals surface area contributed by atoms with Gasteiger partial charge in [-0.3, -0.25) is 9.35 Å². The average molecular weight is 322 g/mol. The Hall–Kier alpha value is -0.760. The van der Waals surface area contributed by atoms with Gasteiger partial charge in [0.15, 0.2) is 0 Å². The highest BCUT2D eigenvalue weighted by atomic mass is 79.9. The zero-order valence-corrected chi connectivity index (χ0v) is 11.5. The molecule has 0 spiro atoms. The molecule has 0 bridgehead atoms. The molecule has 0 aliphatic heterocycles. The standard InChI is InChI=1S/C10H12BrNO4S/c1-7(10(13)16-12-17(14)15)6-8-4-2-3-5-9(8)11/h2-5,7,12H,6H2,1H3,(H,14,15). The van der Waals surface area contributed by atoms with Crippen molar-refractivity contribution in [3.63, 3.8) is 0 Å².